The van der Waals surface area contributed by atoms with E-state index < -0.39 is 4.92 Å². The van der Waals surface area contributed by atoms with Crippen molar-refractivity contribution < 1.29 is 10.0 Å². The minimum atomic E-state index is -0.415. The summed E-state index contributed by atoms with van der Waals surface area (Å²) < 4.78 is 1.45. The molecule has 7 heteroatoms. The fourth-order valence-corrected chi connectivity index (χ4v) is 2.58. The van der Waals surface area contributed by atoms with E-state index in [4.69, 9.17) is 5.11 Å². The highest BCUT2D eigenvalue weighted by Crippen LogP contribution is 2.32. The van der Waals surface area contributed by atoms with Gasteiger partial charge in [0.15, 0.2) is 0 Å². The van der Waals surface area contributed by atoms with Crippen LogP contribution in [0.5, 0.6) is 0 Å². The third kappa shape index (κ3) is 2.45. The molecule has 7 nitrogen and oxygen atoms in total. The molecule has 1 saturated carbocycles. The predicted octanol–water partition coefficient (Wildman–Crippen LogP) is 1.07. The van der Waals surface area contributed by atoms with Crippen molar-refractivity contribution in [1.82, 2.24) is 9.78 Å². The summed E-state index contributed by atoms with van der Waals surface area (Å²) >= 11 is 0. The van der Waals surface area contributed by atoms with Gasteiger partial charge in [0.05, 0.1) is 11.5 Å². The molecule has 0 bridgehead atoms. The quantitative estimate of drug-likeness (QED) is 0.627. The minimum Gasteiger partial charge on any atom is -0.395 e. The highest BCUT2D eigenvalue weighted by molar-refractivity contribution is 5.57. The molecule has 0 saturated heterocycles. The summed E-state index contributed by atoms with van der Waals surface area (Å²) in [5.41, 5.74) is 0.0119. The first-order valence-electron chi connectivity index (χ1n) is 6.19. The number of aliphatic hydroxyl groups is 1. The van der Waals surface area contributed by atoms with Gasteiger partial charge in [0.1, 0.15) is 6.20 Å². The van der Waals surface area contributed by atoms with Crippen LogP contribution in [0.2, 0.25) is 0 Å². The molecule has 1 aliphatic carbocycles. The number of nitro groups is 1. The zero-order valence-corrected chi connectivity index (χ0v) is 10.4. The van der Waals surface area contributed by atoms with Crippen molar-refractivity contribution in [3.63, 3.8) is 0 Å². The van der Waals surface area contributed by atoms with Crippen molar-refractivity contribution in [3.8, 4) is 0 Å². The molecule has 1 aliphatic rings. The van der Waals surface area contributed by atoms with Crippen LogP contribution in [-0.2, 0) is 7.05 Å². The SMILES string of the molecule is Cn1cc([N+](=O)[O-])c(N(CCO)C2CCCC2)n1. The molecule has 1 aromatic heterocycles. The molecular weight excluding hydrogens is 236 g/mol. The van der Waals surface area contributed by atoms with E-state index in [0.717, 1.165) is 25.7 Å². The first kappa shape index (κ1) is 12.8. The fourth-order valence-electron chi connectivity index (χ4n) is 2.58. The third-order valence-electron chi connectivity index (χ3n) is 3.37. The first-order chi connectivity index (χ1) is 8.63. The largest absolute Gasteiger partial charge is 0.395 e. The van der Waals surface area contributed by atoms with Gasteiger partial charge in [-0.1, -0.05) is 12.8 Å². The Balaban J connectivity index is 2.31. The van der Waals surface area contributed by atoms with Crippen molar-refractivity contribution in [3.05, 3.63) is 16.3 Å². The van der Waals surface area contributed by atoms with Crippen LogP contribution < -0.4 is 4.90 Å². The predicted molar refractivity (Wildman–Crippen MR) is 66.6 cm³/mol. The van der Waals surface area contributed by atoms with Crippen molar-refractivity contribution >= 4 is 11.5 Å². The van der Waals surface area contributed by atoms with E-state index in [9.17, 15) is 10.1 Å². The van der Waals surface area contributed by atoms with E-state index in [1.807, 2.05) is 4.90 Å². The van der Waals surface area contributed by atoms with Crippen LogP contribution in [0, 0.1) is 10.1 Å². The van der Waals surface area contributed by atoms with E-state index in [2.05, 4.69) is 5.10 Å². The highest BCUT2D eigenvalue weighted by atomic mass is 16.6. The maximum atomic E-state index is 11.0. The molecule has 1 fully saturated rings. The van der Waals surface area contributed by atoms with Gasteiger partial charge in [-0.2, -0.15) is 0 Å². The fraction of sp³-hybridized carbons (Fsp3) is 0.727. The van der Waals surface area contributed by atoms with E-state index in [1.54, 1.807) is 7.05 Å². The number of aromatic nitrogens is 2. The molecule has 0 aliphatic heterocycles. The van der Waals surface area contributed by atoms with Crippen molar-refractivity contribution in [2.24, 2.45) is 7.05 Å². The topological polar surface area (TPSA) is 84.4 Å². The molecular formula is C11H18N4O3. The van der Waals surface area contributed by atoms with E-state index in [-0.39, 0.29) is 18.3 Å². The molecule has 2 rings (SSSR count). The summed E-state index contributed by atoms with van der Waals surface area (Å²) in [5.74, 6) is 0.378. The van der Waals surface area contributed by atoms with Crippen molar-refractivity contribution in [2.75, 3.05) is 18.1 Å². The number of hydrogen-bond donors (Lipinski definition) is 1. The normalized spacial score (nSPS) is 16.1. The van der Waals surface area contributed by atoms with Crippen molar-refractivity contribution in [2.45, 2.75) is 31.7 Å². The maximum Gasteiger partial charge on any atom is 0.330 e. The zero-order valence-electron chi connectivity index (χ0n) is 10.4. The van der Waals surface area contributed by atoms with Crippen molar-refractivity contribution in [1.29, 1.82) is 0 Å². The summed E-state index contributed by atoms with van der Waals surface area (Å²) in [4.78, 5) is 12.5. The monoisotopic (exact) mass is 254 g/mol. The standard InChI is InChI=1S/C11H18N4O3/c1-13-8-10(15(17)18)11(12-13)14(6-7-16)9-4-2-3-5-9/h8-9,16H,2-7H2,1H3. The molecule has 0 aromatic carbocycles. The molecule has 1 aromatic rings. The Morgan fingerprint density at radius 2 is 2.28 bits per heavy atom. The lowest BCUT2D eigenvalue weighted by atomic mass is 10.2. The second-order valence-corrected chi connectivity index (χ2v) is 4.62. The van der Waals surface area contributed by atoms with Gasteiger partial charge in [-0.15, -0.1) is 5.10 Å². The molecule has 100 valence electrons. The van der Waals surface area contributed by atoms with Gasteiger partial charge in [-0.05, 0) is 12.8 Å². The Hall–Kier alpha value is -1.63. The van der Waals surface area contributed by atoms with Gasteiger partial charge in [0, 0.05) is 19.6 Å². The Morgan fingerprint density at radius 3 is 2.83 bits per heavy atom. The molecule has 18 heavy (non-hydrogen) atoms. The number of rotatable bonds is 5. The molecule has 0 unspecified atom stereocenters. The minimum absolute atomic E-state index is 0.0119. The van der Waals surface area contributed by atoms with E-state index in [1.165, 1.54) is 10.9 Å². The summed E-state index contributed by atoms with van der Waals surface area (Å²) in [6.07, 6.45) is 5.69. The van der Waals surface area contributed by atoms with Gasteiger partial charge in [0.25, 0.3) is 0 Å². The van der Waals surface area contributed by atoms with E-state index in [0.29, 0.717) is 12.4 Å². The Labute approximate surface area is 105 Å². The first-order valence-corrected chi connectivity index (χ1v) is 6.19. The van der Waals surface area contributed by atoms with Gasteiger partial charge in [-0.3, -0.25) is 14.8 Å². The maximum absolute atomic E-state index is 11.0. The summed E-state index contributed by atoms with van der Waals surface area (Å²) in [6, 6.07) is 0.255. The van der Waals surface area contributed by atoms with Gasteiger partial charge in [0.2, 0.25) is 5.82 Å². The second-order valence-electron chi connectivity index (χ2n) is 4.62. The number of anilines is 1. The lowest BCUT2D eigenvalue weighted by molar-refractivity contribution is -0.384. The van der Waals surface area contributed by atoms with Gasteiger partial charge in [-0.25, -0.2) is 0 Å². The molecule has 0 amide bonds. The zero-order chi connectivity index (χ0) is 13.1. The summed E-state index contributed by atoms with van der Waals surface area (Å²) in [7, 11) is 1.67. The lowest BCUT2D eigenvalue weighted by Crippen LogP contribution is -2.36. The Kier molecular flexibility index (Phi) is 3.81. The Bertz CT molecular complexity index is 426. The number of hydrogen-bond acceptors (Lipinski definition) is 5. The summed E-state index contributed by atoms with van der Waals surface area (Å²) in [5, 5.41) is 24.4. The van der Waals surface area contributed by atoms with Crippen LogP contribution in [0.4, 0.5) is 11.5 Å². The smallest absolute Gasteiger partial charge is 0.330 e. The number of nitrogens with zero attached hydrogens (tertiary/aromatic N) is 4. The molecule has 1 N–H and O–H groups in total. The molecule has 0 spiro atoms. The Morgan fingerprint density at radius 1 is 1.61 bits per heavy atom. The lowest BCUT2D eigenvalue weighted by Gasteiger charge is -2.27. The van der Waals surface area contributed by atoms with Gasteiger partial charge >= 0.3 is 5.69 Å². The van der Waals surface area contributed by atoms with E-state index >= 15 is 0 Å². The second kappa shape index (κ2) is 5.34. The van der Waals surface area contributed by atoms with Crippen LogP contribution in [-0.4, -0.2) is 39.0 Å². The van der Waals surface area contributed by atoms with Crippen LogP contribution >= 0.6 is 0 Å². The van der Waals surface area contributed by atoms with Crippen LogP contribution in [0.15, 0.2) is 6.20 Å². The highest BCUT2D eigenvalue weighted by Gasteiger charge is 2.30. The molecule has 0 atom stereocenters. The van der Waals surface area contributed by atoms with Crippen LogP contribution in [0.3, 0.4) is 0 Å². The van der Waals surface area contributed by atoms with Crippen LogP contribution in [0.25, 0.3) is 0 Å². The molecule has 1 heterocycles. The molecule has 0 radical (unpaired) electrons. The number of aliphatic hydroxyl groups excluding tert-OH is 1. The van der Waals surface area contributed by atoms with Gasteiger partial charge < -0.3 is 10.0 Å². The third-order valence-corrected chi connectivity index (χ3v) is 3.37. The average Bonchev–Trinajstić information content (AvgIpc) is 2.94. The number of aryl methyl sites for hydroxylation is 1. The summed E-state index contributed by atoms with van der Waals surface area (Å²) in [6.45, 7) is 0.368. The van der Waals surface area contributed by atoms with Crippen LogP contribution in [0.1, 0.15) is 25.7 Å². The average molecular weight is 254 g/mol.